The standard InChI is InChI=1S/C16H15NO/c1-13(12-17)16(18,14-8-4-2-5-9-14)15-10-6-3-7-11-15/h2-11,13,18H,1H3/t13-/m0/s1. The van der Waals surface area contributed by atoms with Gasteiger partial charge in [0.05, 0.1) is 12.0 Å². The van der Waals surface area contributed by atoms with Crippen molar-refractivity contribution in [3.63, 3.8) is 0 Å². The van der Waals surface area contributed by atoms with E-state index in [-0.39, 0.29) is 0 Å². The van der Waals surface area contributed by atoms with Gasteiger partial charge in [-0.3, -0.25) is 0 Å². The van der Waals surface area contributed by atoms with Gasteiger partial charge in [-0.05, 0) is 18.1 Å². The van der Waals surface area contributed by atoms with Crippen molar-refractivity contribution in [2.24, 2.45) is 5.92 Å². The minimum atomic E-state index is -1.27. The van der Waals surface area contributed by atoms with Crippen LogP contribution in [0.4, 0.5) is 0 Å². The summed E-state index contributed by atoms with van der Waals surface area (Å²) < 4.78 is 0. The summed E-state index contributed by atoms with van der Waals surface area (Å²) in [6, 6.07) is 20.8. The molecule has 2 aromatic carbocycles. The van der Waals surface area contributed by atoms with Crippen molar-refractivity contribution in [2.75, 3.05) is 0 Å². The maximum absolute atomic E-state index is 11.0. The average Bonchev–Trinajstić information content (AvgIpc) is 2.47. The lowest BCUT2D eigenvalue weighted by molar-refractivity contribution is 0.0463. The van der Waals surface area contributed by atoms with Crippen molar-refractivity contribution in [1.82, 2.24) is 0 Å². The number of aliphatic hydroxyl groups is 1. The number of nitrogens with zero attached hydrogens (tertiary/aromatic N) is 1. The maximum Gasteiger partial charge on any atom is 0.130 e. The van der Waals surface area contributed by atoms with E-state index in [4.69, 9.17) is 0 Å². The molecule has 90 valence electrons. The zero-order valence-electron chi connectivity index (χ0n) is 10.2. The highest BCUT2D eigenvalue weighted by molar-refractivity contribution is 5.38. The van der Waals surface area contributed by atoms with Crippen LogP contribution in [0.2, 0.25) is 0 Å². The first-order chi connectivity index (χ1) is 8.69. The lowest BCUT2D eigenvalue weighted by Gasteiger charge is -2.31. The predicted molar refractivity (Wildman–Crippen MR) is 70.7 cm³/mol. The van der Waals surface area contributed by atoms with Crippen LogP contribution in [-0.2, 0) is 5.60 Å². The minimum absolute atomic E-state index is 0.526. The molecule has 0 aliphatic rings. The van der Waals surface area contributed by atoms with E-state index in [0.717, 1.165) is 11.1 Å². The van der Waals surface area contributed by atoms with Crippen molar-refractivity contribution >= 4 is 0 Å². The van der Waals surface area contributed by atoms with Gasteiger partial charge in [0.2, 0.25) is 0 Å². The molecule has 1 atom stereocenters. The highest BCUT2D eigenvalue weighted by atomic mass is 16.3. The Balaban J connectivity index is 2.60. The van der Waals surface area contributed by atoms with E-state index >= 15 is 0 Å². The molecule has 0 aromatic heterocycles. The molecule has 18 heavy (non-hydrogen) atoms. The number of nitriles is 1. The molecule has 0 spiro atoms. The van der Waals surface area contributed by atoms with Gasteiger partial charge in [0.15, 0.2) is 0 Å². The summed E-state index contributed by atoms with van der Waals surface area (Å²) in [5.74, 6) is -0.526. The normalized spacial score (nSPS) is 12.7. The van der Waals surface area contributed by atoms with E-state index in [1.165, 1.54) is 0 Å². The zero-order chi connectivity index (χ0) is 13.0. The van der Waals surface area contributed by atoms with Gasteiger partial charge >= 0.3 is 0 Å². The molecule has 0 amide bonds. The largest absolute Gasteiger partial charge is 0.379 e. The van der Waals surface area contributed by atoms with E-state index in [9.17, 15) is 10.4 Å². The lowest BCUT2D eigenvalue weighted by Crippen LogP contribution is -2.34. The monoisotopic (exact) mass is 237 g/mol. The highest BCUT2D eigenvalue weighted by Crippen LogP contribution is 2.36. The number of hydrogen-bond acceptors (Lipinski definition) is 2. The van der Waals surface area contributed by atoms with Gasteiger partial charge in [0.25, 0.3) is 0 Å². The molecule has 2 heteroatoms. The van der Waals surface area contributed by atoms with Crippen LogP contribution in [0.3, 0.4) is 0 Å². The molecule has 2 nitrogen and oxygen atoms in total. The maximum atomic E-state index is 11.0. The van der Waals surface area contributed by atoms with Crippen LogP contribution in [0, 0.1) is 17.2 Å². The molecule has 0 bridgehead atoms. The third-order valence-corrected chi connectivity index (χ3v) is 3.25. The van der Waals surface area contributed by atoms with Crippen LogP contribution >= 0.6 is 0 Å². The van der Waals surface area contributed by atoms with Crippen molar-refractivity contribution < 1.29 is 5.11 Å². The Morgan fingerprint density at radius 3 is 1.67 bits per heavy atom. The number of benzene rings is 2. The first kappa shape index (κ1) is 12.3. The molecule has 2 rings (SSSR count). The summed E-state index contributed by atoms with van der Waals surface area (Å²) in [6.07, 6.45) is 0. The summed E-state index contributed by atoms with van der Waals surface area (Å²) in [7, 11) is 0. The van der Waals surface area contributed by atoms with E-state index in [1.54, 1.807) is 6.92 Å². The Morgan fingerprint density at radius 2 is 1.33 bits per heavy atom. The fourth-order valence-electron chi connectivity index (χ4n) is 2.14. The van der Waals surface area contributed by atoms with Crippen molar-refractivity contribution in [1.29, 1.82) is 5.26 Å². The second-order valence-electron chi connectivity index (χ2n) is 4.35. The first-order valence-electron chi connectivity index (χ1n) is 5.92. The fraction of sp³-hybridized carbons (Fsp3) is 0.188. The van der Waals surface area contributed by atoms with E-state index in [0.29, 0.717) is 0 Å². The van der Waals surface area contributed by atoms with Crippen LogP contribution in [0.5, 0.6) is 0 Å². The van der Waals surface area contributed by atoms with Crippen LogP contribution in [0.25, 0.3) is 0 Å². The van der Waals surface area contributed by atoms with Gasteiger partial charge in [0, 0.05) is 0 Å². The molecule has 1 N–H and O–H groups in total. The third kappa shape index (κ3) is 2.01. The van der Waals surface area contributed by atoms with Gasteiger partial charge in [-0.2, -0.15) is 5.26 Å². The van der Waals surface area contributed by atoms with Gasteiger partial charge in [-0.25, -0.2) is 0 Å². The molecule has 0 saturated carbocycles. The highest BCUT2D eigenvalue weighted by Gasteiger charge is 2.37. The fourth-order valence-corrected chi connectivity index (χ4v) is 2.14. The molecule has 0 aliphatic carbocycles. The molecule has 0 unspecified atom stereocenters. The number of rotatable bonds is 3. The summed E-state index contributed by atoms with van der Waals surface area (Å²) in [5.41, 5.74) is 0.215. The lowest BCUT2D eigenvalue weighted by atomic mass is 9.77. The van der Waals surface area contributed by atoms with E-state index in [2.05, 4.69) is 6.07 Å². The molecule has 0 radical (unpaired) electrons. The zero-order valence-corrected chi connectivity index (χ0v) is 10.2. The summed E-state index contributed by atoms with van der Waals surface area (Å²) in [5, 5.41) is 20.2. The molecule has 0 fully saturated rings. The molecule has 2 aromatic rings. The van der Waals surface area contributed by atoms with Gasteiger partial charge < -0.3 is 5.11 Å². The molecule has 0 aliphatic heterocycles. The molecule has 0 saturated heterocycles. The topological polar surface area (TPSA) is 44.0 Å². The van der Waals surface area contributed by atoms with Gasteiger partial charge in [-0.1, -0.05) is 60.7 Å². The third-order valence-electron chi connectivity index (χ3n) is 3.25. The predicted octanol–water partition coefficient (Wildman–Crippen LogP) is 3.08. The van der Waals surface area contributed by atoms with Crippen LogP contribution in [0.1, 0.15) is 18.1 Å². The van der Waals surface area contributed by atoms with Crippen LogP contribution in [0.15, 0.2) is 60.7 Å². The van der Waals surface area contributed by atoms with E-state index < -0.39 is 11.5 Å². The average molecular weight is 237 g/mol. The molecular weight excluding hydrogens is 222 g/mol. The summed E-state index contributed by atoms with van der Waals surface area (Å²) in [6.45, 7) is 1.74. The Bertz CT molecular complexity index is 503. The van der Waals surface area contributed by atoms with Gasteiger partial charge in [-0.15, -0.1) is 0 Å². The SMILES string of the molecule is C[C@@H](C#N)C(O)(c1ccccc1)c1ccccc1. The smallest absolute Gasteiger partial charge is 0.130 e. The quantitative estimate of drug-likeness (QED) is 0.891. The van der Waals surface area contributed by atoms with Crippen molar-refractivity contribution in [3.05, 3.63) is 71.8 Å². The second kappa shape index (κ2) is 5.03. The Hall–Kier alpha value is -2.11. The Labute approximate surface area is 107 Å². The van der Waals surface area contributed by atoms with Crippen molar-refractivity contribution in [2.45, 2.75) is 12.5 Å². The van der Waals surface area contributed by atoms with Crippen LogP contribution in [-0.4, -0.2) is 5.11 Å². The Kier molecular flexibility index (Phi) is 3.45. The van der Waals surface area contributed by atoms with E-state index in [1.807, 2.05) is 60.7 Å². The van der Waals surface area contributed by atoms with Crippen LogP contribution < -0.4 is 0 Å². The Morgan fingerprint density at radius 1 is 0.944 bits per heavy atom. The van der Waals surface area contributed by atoms with Gasteiger partial charge in [0.1, 0.15) is 5.60 Å². The summed E-state index contributed by atoms with van der Waals surface area (Å²) in [4.78, 5) is 0. The summed E-state index contributed by atoms with van der Waals surface area (Å²) >= 11 is 0. The second-order valence-corrected chi connectivity index (χ2v) is 4.35. The molecule has 0 heterocycles. The minimum Gasteiger partial charge on any atom is -0.379 e. The van der Waals surface area contributed by atoms with Crippen molar-refractivity contribution in [3.8, 4) is 6.07 Å². The molecular formula is C16H15NO. The number of hydrogen-bond donors (Lipinski definition) is 1. The first-order valence-corrected chi connectivity index (χ1v) is 5.92.